The molecular weight excluding hydrogens is 244 g/mol. The highest BCUT2D eigenvalue weighted by molar-refractivity contribution is 6.74. The summed E-state index contributed by atoms with van der Waals surface area (Å²) in [5.74, 6) is 0. The van der Waals surface area contributed by atoms with Crippen molar-refractivity contribution in [2.75, 3.05) is 13.2 Å². The summed E-state index contributed by atoms with van der Waals surface area (Å²) < 4.78 is 12.2. The van der Waals surface area contributed by atoms with Crippen molar-refractivity contribution in [1.29, 1.82) is 0 Å². The molecule has 18 heavy (non-hydrogen) atoms. The van der Waals surface area contributed by atoms with E-state index in [0.717, 1.165) is 25.9 Å². The van der Waals surface area contributed by atoms with Gasteiger partial charge >= 0.3 is 0 Å². The summed E-state index contributed by atoms with van der Waals surface area (Å²) in [4.78, 5) is 0. The molecule has 0 aliphatic carbocycles. The summed E-state index contributed by atoms with van der Waals surface area (Å²) in [7, 11) is -1.66. The minimum absolute atomic E-state index is 0.223. The van der Waals surface area contributed by atoms with E-state index in [4.69, 9.17) is 14.3 Å². The molecule has 0 amide bonds. The topological polar surface area (TPSA) is 38.7 Å². The Morgan fingerprint density at radius 3 is 2.39 bits per heavy atom. The van der Waals surface area contributed by atoms with Gasteiger partial charge in [-0.1, -0.05) is 20.8 Å². The van der Waals surface area contributed by atoms with Crippen LogP contribution in [0.1, 0.15) is 46.5 Å². The Bertz CT molecular complexity index is 246. The summed E-state index contributed by atoms with van der Waals surface area (Å²) in [6.07, 6.45) is 4.58. The van der Waals surface area contributed by atoms with E-state index in [1.54, 1.807) is 0 Å². The molecule has 4 heteroatoms. The molecule has 1 saturated heterocycles. The van der Waals surface area contributed by atoms with Crippen LogP contribution in [0.5, 0.6) is 0 Å². The van der Waals surface area contributed by atoms with Gasteiger partial charge in [-0.2, -0.15) is 0 Å². The molecule has 0 saturated carbocycles. The van der Waals surface area contributed by atoms with Gasteiger partial charge in [0.2, 0.25) is 0 Å². The Morgan fingerprint density at radius 2 is 1.83 bits per heavy atom. The highest BCUT2D eigenvalue weighted by Crippen LogP contribution is 2.37. The Hall–Kier alpha value is 0.0969. The van der Waals surface area contributed by atoms with Gasteiger partial charge in [-0.05, 0) is 43.8 Å². The molecular formula is C14H30O3Si. The third-order valence-corrected chi connectivity index (χ3v) is 8.83. The SMILES string of the molecule is CC(C)(C)[Si](C)(C)OC[C@@H]1CCC[C@H](CCO)O1. The molecule has 108 valence electrons. The van der Waals surface area contributed by atoms with Gasteiger partial charge in [-0.15, -0.1) is 0 Å². The Balaban J connectivity index is 2.39. The van der Waals surface area contributed by atoms with Gasteiger partial charge in [0, 0.05) is 6.61 Å². The molecule has 0 aromatic heterocycles. The zero-order valence-electron chi connectivity index (χ0n) is 12.7. The van der Waals surface area contributed by atoms with E-state index in [1.807, 2.05) is 0 Å². The van der Waals surface area contributed by atoms with Crippen LogP contribution in [0.15, 0.2) is 0 Å². The second-order valence-corrected chi connectivity index (χ2v) is 11.7. The quantitative estimate of drug-likeness (QED) is 0.782. The smallest absolute Gasteiger partial charge is 0.192 e. The van der Waals surface area contributed by atoms with Gasteiger partial charge in [0.05, 0.1) is 18.8 Å². The second kappa shape index (κ2) is 6.50. The first-order valence-corrected chi connectivity index (χ1v) is 10.1. The summed E-state index contributed by atoms with van der Waals surface area (Å²) in [5, 5.41) is 9.22. The van der Waals surface area contributed by atoms with Crippen molar-refractivity contribution in [1.82, 2.24) is 0 Å². The third-order valence-electron chi connectivity index (χ3n) is 4.32. The van der Waals surface area contributed by atoms with Gasteiger partial charge < -0.3 is 14.3 Å². The van der Waals surface area contributed by atoms with E-state index in [9.17, 15) is 0 Å². The zero-order chi connectivity index (χ0) is 13.8. The van der Waals surface area contributed by atoms with Gasteiger partial charge in [0.1, 0.15) is 0 Å². The average Bonchev–Trinajstić information content (AvgIpc) is 2.26. The minimum atomic E-state index is -1.66. The zero-order valence-corrected chi connectivity index (χ0v) is 13.7. The van der Waals surface area contributed by atoms with Crippen molar-refractivity contribution in [2.24, 2.45) is 0 Å². The van der Waals surface area contributed by atoms with Crippen LogP contribution in [0.25, 0.3) is 0 Å². The first-order valence-electron chi connectivity index (χ1n) is 7.16. The van der Waals surface area contributed by atoms with Gasteiger partial charge in [-0.3, -0.25) is 0 Å². The van der Waals surface area contributed by atoms with E-state index in [2.05, 4.69) is 33.9 Å². The van der Waals surface area contributed by atoms with Crippen LogP contribution < -0.4 is 0 Å². The number of hydrogen-bond donors (Lipinski definition) is 1. The first kappa shape index (κ1) is 16.2. The van der Waals surface area contributed by atoms with Crippen LogP contribution in [-0.4, -0.2) is 38.8 Å². The van der Waals surface area contributed by atoms with Crippen LogP contribution in [0, 0.1) is 0 Å². The normalized spacial score (nSPS) is 26.3. The molecule has 0 spiro atoms. The standard InChI is InChI=1S/C14H30O3Si/c1-14(2,3)18(4,5)16-11-13-8-6-7-12(17-13)9-10-15/h12-13,15H,6-11H2,1-5H3/t12-,13+/m1/s1. The van der Waals surface area contributed by atoms with E-state index in [1.165, 1.54) is 6.42 Å². The molecule has 1 rings (SSSR count). The highest BCUT2D eigenvalue weighted by Gasteiger charge is 2.38. The van der Waals surface area contributed by atoms with Crippen molar-refractivity contribution >= 4 is 8.32 Å². The second-order valence-electron chi connectivity index (χ2n) is 6.89. The van der Waals surface area contributed by atoms with Crippen LogP contribution >= 0.6 is 0 Å². The lowest BCUT2D eigenvalue weighted by Crippen LogP contribution is -2.44. The molecule has 2 atom stereocenters. The largest absolute Gasteiger partial charge is 0.414 e. The molecule has 1 aliphatic rings. The Labute approximate surface area is 113 Å². The molecule has 1 N–H and O–H groups in total. The molecule has 0 aromatic carbocycles. The number of ether oxygens (including phenoxy) is 1. The maximum Gasteiger partial charge on any atom is 0.192 e. The fourth-order valence-corrected chi connectivity index (χ4v) is 3.01. The van der Waals surface area contributed by atoms with Gasteiger partial charge in [0.25, 0.3) is 0 Å². The number of rotatable bonds is 5. The maximum absolute atomic E-state index is 8.97. The molecule has 1 aliphatic heterocycles. The van der Waals surface area contributed by atoms with Crippen molar-refractivity contribution in [3.8, 4) is 0 Å². The number of aliphatic hydroxyl groups is 1. The number of hydrogen-bond acceptors (Lipinski definition) is 3. The molecule has 1 heterocycles. The lowest BCUT2D eigenvalue weighted by Gasteiger charge is -2.38. The lowest BCUT2D eigenvalue weighted by molar-refractivity contribution is -0.0763. The van der Waals surface area contributed by atoms with Crippen LogP contribution in [0.4, 0.5) is 0 Å². The summed E-state index contributed by atoms with van der Waals surface area (Å²) >= 11 is 0. The summed E-state index contributed by atoms with van der Waals surface area (Å²) in [5.41, 5.74) is 0. The highest BCUT2D eigenvalue weighted by atomic mass is 28.4. The molecule has 1 fully saturated rings. The van der Waals surface area contributed by atoms with Gasteiger partial charge in [-0.25, -0.2) is 0 Å². The Morgan fingerprint density at radius 1 is 1.22 bits per heavy atom. The van der Waals surface area contributed by atoms with Crippen LogP contribution in [0.2, 0.25) is 18.1 Å². The molecule has 0 aromatic rings. The van der Waals surface area contributed by atoms with Gasteiger partial charge in [0.15, 0.2) is 8.32 Å². The van der Waals surface area contributed by atoms with E-state index < -0.39 is 8.32 Å². The maximum atomic E-state index is 8.97. The molecule has 0 bridgehead atoms. The third kappa shape index (κ3) is 4.65. The van der Waals surface area contributed by atoms with Crippen LogP contribution in [0.3, 0.4) is 0 Å². The predicted octanol–water partition coefficient (Wildman–Crippen LogP) is 3.33. The lowest BCUT2D eigenvalue weighted by atomic mass is 10.0. The van der Waals surface area contributed by atoms with Crippen molar-refractivity contribution in [2.45, 2.75) is 76.8 Å². The van der Waals surface area contributed by atoms with Crippen LogP contribution in [-0.2, 0) is 9.16 Å². The average molecular weight is 274 g/mol. The predicted molar refractivity (Wildman–Crippen MR) is 77.4 cm³/mol. The van der Waals surface area contributed by atoms with Crippen molar-refractivity contribution in [3.05, 3.63) is 0 Å². The van der Waals surface area contributed by atoms with Crippen molar-refractivity contribution < 1.29 is 14.3 Å². The van der Waals surface area contributed by atoms with E-state index in [0.29, 0.717) is 0 Å². The van der Waals surface area contributed by atoms with E-state index >= 15 is 0 Å². The Kier molecular flexibility index (Phi) is 5.84. The van der Waals surface area contributed by atoms with E-state index in [-0.39, 0.29) is 23.9 Å². The molecule has 0 unspecified atom stereocenters. The fourth-order valence-electron chi connectivity index (χ4n) is 1.98. The first-order chi connectivity index (χ1) is 8.26. The fraction of sp³-hybridized carbons (Fsp3) is 1.00. The van der Waals surface area contributed by atoms with Crippen molar-refractivity contribution in [3.63, 3.8) is 0 Å². The summed E-state index contributed by atoms with van der Waals surface area (Å²) in [6, 6.07) is 0. The monoisotopic (exact) mass is 274 g/mol. The molecule has 0 radical (unpaired) electrons. The minimum Gasteiger partial charge on any atom is -0.414 e. The number of aliphatic hydroxyl groups excluding tert-OH is 1. The molecule has 3 nitrogen and oxygen atoms in total. The summed E-state index contributed by atoms with van der Waals surface area (Å²) in [6.45, 7) is 12.3.